The van der Waals surface area contributed by atoms with Crippen LogP contribution >= 0.6 is 34.8 Å². The zero-order valence-corrected chi connectivity index (χ0v) is 53.6. The summed E-state index contributed by atoms with van der Waals surface area (Å²) in [5, 5.41) is 11.4. The van der Waals surface area contributed by atoms with E-state index in [9.17, 15) is 52.7 Å². The number of aromatic amines is 2. The highest BCUT2D eigenvalue weighted by Crippen LogP contribution is 2.45. The smallest absolute Gasteiger partial charge is 0.368 e. The Morgan fingerprint density at radius 2 is 0.901 bits per heavy atom. The summed E-state index contributed by atoms with van der Waals surface area (Å²) < 4.78 is 98.2. The van der Waals surface area contributed by atoms with Crippen molar-refractivity contribution in [1.29, 1.82) is 0 Å². The van der Waals surface area contributed by atoms with Gasteiger partial charge in [-0.25, -0.2) is 37.2 Å². The molecule has 91 heavy (non-hydrogen) atoms. The number of ether oxygens (including phenoxy) is 9. The molecule has 0 spiro atoms. The fraction of sp³-hybridized carbons (Fsp3) is 0.667. The maximum absolute atomic E-state index is 15.6. The molecule has 0 aliphatic carbocycles. The van der Waals surface area contributed by atoms with Crippen LogP contribution in [0.15, 0.2) is 61.3 Å². The molecule has 3 aliphatic heterocycles. The quantitative estimate of drug-likeness (QED) is 0.0648. The van der Waals surface area contributed by atoms with E-state index in [2.05, 4.69) is 25.3 Å². The molecule has 3 fully saturated rings. The summed E-state index contributed by atoms with van der Waals surface area (Å²) in [4.78, 5) is 143. The second-order valence-electron chi connectivity index (χ2n) is 22.9. The maximum atomic E-state index is 15.6. The minimum atomic E-state index is -2.08. The number of alkyl halides is 6. The molecular formula is C54H71Cl3F3N11O20. The summed E-state index contributed by atoms with van der Waals surface area (Å²) in [6, 6.07) is 1.02. The number of halogens is 6. The molecule has 0 aromatic carbocycles. The Morgan fingerprint density at radius 3 is 1.25 bits per heavy atom. The first-order chi connectivity index (χ1) is 42.6. The standard InChI is InChI=1S/C19H24ClFN6O6.C18H24ClFN2O7.C17H23ClFN3O7/c1-10(2)16(28)31-7-19(6-20)14(32-17(29)11(3)4)13(21)15(33-19)27-18(30)25-12(5-23-27)26-9-22-8-24-26;1-9(2)15(24)27-8-18(7-19)13(28-16(25)10(3)4)12(20)14(29-18)22-6-5-11(23)21-17(22)26;1-8(2)14(24)27-7-17(6-18)12(28-15(25)9(3)4)11(19)13(29-17)22-16(26)21-10(23)5-20-22/h5,8-11,13-15H,6-7H2,1-4H3;5-6,9-10,12-14H,7-8H2,1-4H3,(H,21,23,26);5,8-9,11-13H,6-7H2,1-4H3,(H,21,23,26)/t13-,14+,15-,19-;12-,13+,14-,18-;11-,12+,13?,17-/m111/s1. The first-order valence-corrected chi connectivity index (χ1v) is 29.8. The predicted octanol–water partition coefficient (Wildman–Crippen LogP) is 2.52. The number of esters is 6. The van der Waals surface area contributed by atoms with E-state index in [4.69, 9.17) is 77.4 Å². The molecule has 37 heteroatoms. The van der Waals surface area contributed by atoms with Gasteiger partial charge in [-0.2, -0.15) is 29.6 Å². The number of carbonyl (C=O) groups excluding carboxylic acids is 6. The molecule has 7 rings (SSSR count). The molecule has 0 saturated carbocycles. The zero-order chi connectivity index (χ0) is 68.2. The lowest BCUT2D eigenvalue weighted by Crippen LogP contribution is -2.51. The van der Waals surface area contributed by atoms with Gasteiger partial charge in [0.25, 0.3) is 11.1 Å². The molecule has 3 saturated heterocycles. The largest absolute Gasteiger partial charge is 0.462 e. The second kappa shape index (κ2) is 31.8. The fourth-order valence-electron chi connectivity index (χ4n) is 8.31. The Kier molecular flexibility index (Phi) is 25.9. The maximum Gasteiger partial charge on any atom is 0.368 e. The molecule has 1 unspecified atom stereocenters. The molecule has 4 aromatic heterocycles. The van der Waals surface area contributed by atoms with Gasteiger partial charge in [0.2, 0.25) is 0 Å². The van der Waals surface area contributed by atoms with Gasteiger partial charge in [-0.15, -0.1) is 34.8 Å². The topological polar surface area (TPSA) is 387 Å². The van der Waals surface area contributed by atoms with Crippen molar-refractivity contribution in [2.45, 2.75) is 155 Å². The van der Waals surface area contributed by atoms with Gasteiger partial charge in [0.1, 0.15) is 38.7 Å². The highest BCUT2D eigenvalue weighted by Gasteiger charge is 2.63. The summed E-state index contributed by atoms with van der Waals surface area (Å²) in [7, 11) is 0. The van der Waals surface area contributed by atoms with E-state index < -0.39 is 203 Å². The summed E-state index contributed by atoms with van der Waals surface area (Å²) in [5.74, 6) is -8.16. The number of H-pyrrole nitrogens is 2. The molecule has 2 N–H and O–H groups in total. The monoisotopic (exact) mass is 1360 g/mol. The van der Waals surface area contributed by atoms with Crippen molar-refractivity contribution in [3.05, 3.63) is 89.5 Å². The lowest BCUT2D eigenvalue weighted by Gasteiger charge is -2.32. The van der Waals surface area contributed by atoms with Crippen molar-refractivity contribution in [2.75, 3.05) is 37.5 Å². The van der Waals surface area contributed by atoms with Gasteiger partial charge >= 0.3 is 52.9 Å². The van der Waals surface area contributed by atoms with Gasteiger partial charge in [0.05, 0.1) is 59.3 Å². The number of nitrogens with one attached hydrogen (secondary N) is 2. The van der Waals surface area contributed by atoms with E-state index in [-0.39, 0.29) is 11.7 Å². The minimum Gasteiger partial charge on any atom is -0.462 e. The average Bonchev–Trinajstić information content (AvgIpc) is 1.64. The van der Waals surface area contributed by atoms with Crippen molar-refractivity contribution in [3.8, 4) is 5.82 Å². The molecule has 0 bridgehead atoms. The van der Waals surface area contributed by atoms with Crippen LogP contribution < -0.4 is 28.2 Å². The number of hydrogen-bond acceptors (Lipinski definition) is 25. The number of carbonyl (C=O) groups is 6. The van der Waals surface area contributed by atoms with Crippen LogP contribution in [0, 0.1) is 35.5 Å². The Morgan fingerprint density at radius 1 is 0.527 bits per heavy atom. The van der Waals surface area contributed by atoms with Crippen LogP contribution in [-0.2, 0) is 71.4 Å². The molecule has 0 amide bonds. The molecule has 12 atom stereocenters. The third-order valence-corrected chi connectivity index (χ3v) is 15.0. The first kappa shape index (κ1) is 74.3. The summed E-state index contributed by atoms with van der Waals surface area (Å²) in [6.07, 6.45) is -10.2. The fourth-order valence-corrected chi connectivity index (χ4v) is 9.18. The number of rotatable bonds is 22. The van der Waals surface area contributed by atoms with Gasteiger partial charge < -0.3 is 42.6 Å². The molecule has 7 heterocycles. The number of hydrogen-bond donors (Lipinski definition) is 2. The highest BCUT2D eigenvalue weighted by atomic mass is 35.5. The van der Waals surface area contributed by atoms with Gasteiger partial charge in [0, 0.05) is 12.3 Å². The lowest BCUT2D eigenvalue weighted by molar-refractivity contribution is -0.178. The molecule has 31 nitrogen and oxygen atoms in total. The molecule has 3 aliphatic rings. The normalized spacial score (nSPS) is 26.0. The minimum absolute atomic E-state index is 0.0550. The molecule has 504 valence electrons. The summed E-state index contributed by atoms with van der Waals surface area (Å²) >= 11 is 18.2. The SMILES string of the molecule is CC(C)C(=O)OC[C@@]1(CCl)OC(n2ncc(=O)[nH]c2=O)[C@H](F)[C@@H]1OC(=O)C(C)C.CC(C)C(=O)OC[C@@]1(CCl)O[C@@H](n2ccc(=O)[nH]c2=O)[C@H](F)[C@@H]1OC(=O)C(C)C.CC(C)C(=O)OC[C@@]1(CCl)O[C@@H](n2ncc(-n3cncn3)nc2=O)[C@H](F)[C@@H]1OC(=O)C(C)C. The van der Waals surface area contributed by atoms with Crippen LogP contribution in [-0.4, -0.2) is 181 Å². The van der Waals surface area contributed by atoms with Gasteiger partial charge in [-0.05, 0) is 0 Å². The van der Waals surface area contributed by atoms with Crippen molar-refractivity contribution in [2.24, 2.45) is 35.5 Å². The number of aromatic nitrogens is 11. The Bertz CT molecular complexity index is 3360. The predicted molar refractivity (Wildman–Crippen MR) is 309 cm³/mol. The third kappa shape index (κ3) is 17.6. The van der Waals surface area contributed by atoms with Crippen LogP contribution in [0.25, 0.3) is 5.82 Å². The van der Waals surface area contributed by atoms with E-state index in [0.717, 1.165) is 23.0 Å². The van der Waals surface area contributed by atoms with E-state index in [1.54, 1.807) is 83.1 Å². The van der Waals surface area contributed by atoms with Gasteiger partial charge in [-0.3, -0.25) is 52.9 Å². The van der Waals surface area contributed by atoms with Crippen molar-refractivity contribution in [3.63, 3.8) is 0 Å². The third-order valence-electron chi connectivity index (χ3n) is 13.6. The molecule has 4 aromatic rings. The van der Waals surface area contributed by atoms with Crippen molar-refractivity contribution in [1.82, 2.24) is 53.8 Å². The first-order valence-electron chi connectivity index (χ1n) is 28.2. The van der Waals surface area contributed by atoms with Crippen LogP contribution in [0.5, 0.6) is 0 Å². The highest BCUT2D eigenvalue weighted by molar-refractivity contribution is 6.19. The summed E-state index contributed by atoms with van der Waals surface area (Å²) in [6.45, 7) is 17.6. The van der Waals surface area contributed by atoms with E-state index in [1.807, 2.05) is 9.97 Å². The summed E-state index contributed by atoms with van der Waals surface area (Å²) in [5.41, 5.74) is -9.59. The van der Waals surface area contributed by atoms with Crippen molar-refractivity contribution < 1.29 is 84.6 Å². The van der Waals surface area contributed by atoms with E-state index in [1.165, 1.54) is 23.5 Å². The van der Waals surface area contributed by atoms with Crippen LogP contribution in [0.4, 0.5) is 13.2 Å². The van der Waals surface area contributed by atoms with Gasteiger partial charge in [0.15, 0.2) is 78.1 Å². The second-order valence-corrected chi connectivity index (χ2v) is 23.7. The van der Waals surface area contributed by atoms with Crippen molar-refractivity contribution >= 4 is 70.6 Å². The van der Waals surface area contributed by atoms with Gasteiger partial charge in [-0.1, -0.05) is 83.1 Å². The van der Waals surface area contributed by atoms with Crippen LogP contribution in [0.1, 0.15) is 102 Å². The van der Waals surface area contributed by atoms with Crippen LogP contribution in [0.3, 0.4) is 0 Å². The lowest BCUT2D eigenvalue weighted by atomic mass is 9.98. The average molecular weight is 1360 g/mol. The number of nitrogens with zero attached hydrogens (tertiary/aromatic N) is 9. The molecular weight excluding hydrogens is 1290 g/mol. The van der Waals surface area contributed by atoms with E-state index in [0.29, 0.717) is 9.36 Å². The zero-order valence-electron chi connectivity index (χ0n) is 51.3. The Labute approximate surface area is 530 Å². The Balaban J connectivity index is 0.000000249. The molecule has 0 radical (unpaired) electrons. The van der Waals surface area contributed by atoms with Crippen LogP contribution in [0.2, 0.25) is 0 Å². The Hall–Kier alpha value is -7.40. The van der Waals surface area contributed by atoms with E-state index >= 15 is 13.2 Å².